The van der Waals surface area contributed by atoms with Crippen molar-refractivity contribution in [2.45, 2.75) is 64.7 Å². The number of benzene rings is 3. The van der Waals surface area contributed by atoms with Crippen molar-refractivity contribution in [1.29, 1.82) is 0 Å². The normalized spacial score (nSPS) is 16.2. The van der Waals surface area contributed by atoms with Crippen molar-refractivity contribution in [3.8, 4) is 11.5 Å². The molecule has 0 saturated heterocycles. The molecular weight excluding hydrogens is 480 g/mol. The van der Waals surface area contributed by atoms with Crippen LogP contribution >= 0.6 is 0 Å². The zero-order valence-electron chi connectivity index (χ0n) is 22.3. The van der Waals surface area contributed by atoms with Crippen LogP contribution in [0, 0.1) is 11.8 Å². The number of ether oxygens (including phenoxy) is 4. The van der Waals surface area contributed by atoms with Gasteiger partial charge < -0.3 is 18.9 Å². The Bertz CT molecular complexity index is 1270. The molecule has 202 valence electrons. The van der Waals surface area contributed by atoms with Gasteiger partial charge in [-0.25, -0.2) is 9.59 Å². The molecule has 2 saturated carbocycles. The van der Waals surface area contributed by atoms with Gasteiger partial charge in [0.2, 0.25) is 0 Å². The predicted octanol–water partition coefficient (Wildman–Crippen LogP) is 6.78. The summed E-state index contributed by atoms with van der Waals surface area (Å²) in [5.41, 5.74) is 1.14. The summed E-state index contributed by atoms with van der Waals surface area (Å²) in [6.45, 7) is 2.71. The highest BCUT2D eigenvalue weighted by Crippen LogP contribution is 2.43. The van der Waals surface area contributed by atoms with Crippen molar-refractivity contribution < 1.29 is 28.5 Å². The van der Waals surface area contributed by atoms with E-state index in [1.54, 1.807) is 0 Å². The van der Waals surface area contributed by atoms with Crippen molar-refractivity contribution in [2.75, 3.05) is 26.4 Å². The van der Waals surface area contributed by atoms with Gasteiger partial charge in [-0.15, -0.1) is 0 Å². The van der Waals surface area contributed by atoms with E-state index in [2.05, 4.69) is 19.1 Å². The van der Waals surface area contributed by atoms with E-state index in [1.807, 2.05) is 30.3 Å². The molecule has 0 spiro atoms. The lowest BCUT2D eigenvalue weighted by molar-refractivity contribution is -0.148. The van der Waals surface area contributed by atoms with Crippen molar-refractivity contribution in [3.63, 3.8) is 0 Å². The lowest BCUT2D eigenvalue weighted by Crippen LogP contribution is -2.19. The van der Waals surface area contributed by atoms with Crippen LogP contribution in [0.4, 0.5) is 0 Å². The van der Waals surface area contributed by atoms with E-state index in [4.69, 9.17) is 18.9 Å². The second-order valence-corrected chi connectivity index (χ2v) is 10.7. The van der Waals surface area contributed by atoms with Crippen LogP contribution in [0.1, 0.15) is 63.9 Å². The number of hydrogen-bond donors (Lipinski definition) is 0. The predicted molar refractivity (Wildman–Crippen MR) is 148 cm³/mol. The molecule has 0 aliphatic heterocycles. The Kier molecular flexibility index (Phi) is 8.67. The number of hydrogen-bond acceptors (Lipinski definition) is 6. The maximum Gasteiger partial charge on any atom is 0.344 e. The SMILES string of the molecule is CCc1ccc2c(OCC(=O)OCC3CCCC3)c3ccccc3c(OCC(=O)OCC3CCCC3)c2c1. The Balaban J connectivity index is 1.37. The van der Waals surface area contributed by atoms with Gasteiger partial charge in [0, 0.05) is 21.5 Å². The van der Waals surface area contributed by atoms with Crippen LogP contribution in [0.15, 0.2) is 42.5 Å². The zero-order valence-corrected chi connectivity index (χ0v) is 22.3. The smallest absolute Gasteiger partial charge is 0.344 e. The molecule has 0 heterocycles. The first-order chi connectivity index (χ1) is 18.6. The number of rotatable bonds is 11. The van der Waals surface area contributed by atoms with Gasteiger partial charge in [-0.1, -0.05) is 69.0 Å². The first kappa shape index (κ1) is 26.3. The highest BCUT2D eigenvalue weighted by molar-refractivity contribution is 6.11. The summed E-state index contributed by atoms with van der Waals surface area (Å²) < 4.78 is 23.3. The van der Waals surface area contributed by atoms with Crippen LogP contribution in [0.5, 0.6) is 11.5 Å². The van der Waals surface area contributed by atoms with Gasteiger partial charge in [-0.3, -0.25) is 0 Å². The second-order valence-electron chi connectivity index (χ2n) is 10.7. The maximum atomic E-state index is 12.5. The van der Waals surface area contributed by atoms with Crippen molar-refractivity contribution in [1.82, 2.24) is 0 Å². The molecule has 6 heteroatoms. The van der Waals surface area contributed by atoms with E-state index in [1.165, 1.54) is 25.7 Å². The lowest BCUT2D eigenvalue weighted by atomic mass is 9.98. The molecule has 0 radical (unpaired) electrons. The fourth-order valence-corrected chi connectivity index (χ4v) is 5.80. The Morgan fingerprint density at radius 3 is 1.66 bits per heavy atom. The summed E-state index contributed by atoms with van der Waals surface area (Å²) >= 11 is 0. The number of aryl methyl sites for hydroxylation is 1. The molecule has 0 unspecified atom stereocenters. The molecule has 0 bridgehead atoms. The second kappa shape index (κ2) is 12.5. The van der Waals surface area contributed by atoms with Crippen LogP contribution in [-0.4, -0.2) is 38.4 Å². The minimum Gasteiger partial charge on any atom is -0.481 e. The van der Waals surface area contributed by atoms with E-state index in [9.17, 15) is 9.59 Å². The van der Waals surface area contributed by atoms with E-state index < -0.39 is 0 Å². The largest absolute Gasteiger partial charge is 0.481 e. The van der Waals surface area contributed by atoms with Crippen LogP contribution in [-0.2, 0) is 25.5 Å². The van der Waals surface area contributed by atoms with E-state index in [0.29, 0.717) is 36.5 Å². The zero-order chi connectivity index (χ0) is 26.3. The topological polar surface area (TPSA) is 71.1 Å². The molecule has 0 amide bonds. The summed E-state index contributed by atoms with van der Waals surface area (Å²) in [5.74, 6) is 1.46. The minimum atomic E-state index is -0.357. The molecule has 5 rings (SSSR count). The van der Waals surface area contributed by atoms with E-state index in [-0.39, 0.29) is 25.2 Å². The summed E-state index contributed by atoms with van der Waals surface area (Å²) in [4.78, 5) is 25.1. The highest BCUT2D eigenvalue weighted by Gasteiger charge is 2.21. The summed E-state index contributed by atoms with van der Waals surface area (Å²) in [7, 11) is 0. The number of carbonyl (C=O) groups excluding carboxylic acids is 2. The van der Waals surface area contributed by atoms with Gasteiger partial charge in [0.25, 0.3) is 0 Å². The molecule has 3 aromatic carbocycles. The maximum absolute atomic E-state index is 12.5. The average Bonchev–Trinajstić information content (AvgIpc) is 3.67. The molecule has 0 N–H and O–H groups in total. The third-order valence-corrected chi connectivity index (χ3v) is 7.98. The van der Waals surface area contributed by atoms with E-state index in [0.717, 1.165) is 59.2 Å². The quantitative estimate of drug-likeness (QED) is 0.206. The molecule has 6 nitrogen and oxygen atoms in total. The highest BCUT2D eigenvalue weighted by atomic mass is 16.6. The summed E-state index contributed by atoms with van der Waals surface area (Å²) in [5, 5.41) is 3.33. The van der Waals surface area contributed by atoms with Crippen molar-refractivity contribution in [2.24, 2.45) is 11.8 Å². The van der Waals surface area contributed by atoms with Gasteiger partial charge in [0.05, 0.1) is 13.2 Å². The van der Waals surface area contributed by atoms with Gasteiger partial charge >= 0.3 is 11.9 Å². The Morgan fingerprint density at radius 1 is 0.684 bits per heavy atom. The van der Waals surface area contributed by atoms with Crippen LogP contribution in [0.25, 0.3) is 21.5 Å². The molecule has 2 fully saturated rings. The van der Waals surface area contributed by atoms with Crippen LogP contribution in [0.2, 0.25) is 0 Å². The number of carbonyl (C=O) groups is 2. The first-order valence-corrected chi connectivity index (χ1v) is 14.2. The van der Waals surface area contributed by atoms with Crippen LogP contribution < -0.4 is 9.47 Å². The summed E-state index contributed by atoms with van der Waals surface area (Å²) in [6.07, 6.45) is 10.2. The summed E-state index contributed by atoms with van der Waals surface area (Å²) in [6, 6.07) is 13.9. The monoisotopic (exact) mass is 518 g/mol. The molecule has 2 aliphatic rings. The first-order valence-electron chi connectivity index (χ1n) is 14.2. The van der Waals surface area contributed by atoms with Gasteiger partial charge in [0.15, 0.2) is 13.2 Å². The fraction of sp³-hybridized carbons (Fsp3) is 0.500. The molecule has 38 heavy (non-hydrogen) atoms. The number of esters is 2. The molecule has 3 aromatic rings. The number of fused-ring (bicyclic) bond motifs is 2. The van der Waals surface area contributed by atoms with Crippen molar-refractivity contribution in [3.05, 3.63) is 48.0 Å². The Hall–Kier alpha value is -3.28. The Morgan fingerprint density at radius 2 is 1.16 bits per heavy atom. The standard InChI is InChI=1S/C32H38O6/c1-2-22-15-16-27-28(17-22)32(38-21-30(34)36-19-24-11-5-6-12-24)26-14-8-7-13-25(26)31(27)37-20-29(33)35-18-23-9-3-4-10-23/h7-8,13-17,23-24H,2-6,9-12,18-21H2,1H3. The van der Waals surface area contributed by atoms with E-state index >= 15 is 0 Å². The molecule has 0 atom stereocenters. The molecule has 2 aliphatic carbocycles. The third kappa shape index (κ3) is 6.23. The van der Waals surface area contributed by atoms with Gasteiger partial charge in [-0.2, -0.15) is 0 Å². The van der Waals surface area contributed by atoms with Gasteiger partial charge in [0.1, 0.15) is 11.5 Å². The average molecular weight is 519 g/mol. The fourth-order valence-electron chi connectivity index (χ4n) is 5.80. The lowest BCUT2D eigenvalue weighted by Gasteiger charge is -2.18. The molecule has 0 aromatic heterocycles. The van der Waals surface area contributed by atoms with Crippen molar-refractivity contribution >= 4 is 33.5 Å². The van der Waals surface area contributed by atoms with Crippen LogP contribution in [0.3, 0.4) is 0 Å². The molecular formula is C32H38O6. The Labute approximate surface area is 224 Å². The third-order valence-electron chi connectivity index (χ3n) is 7.98. The minimum absolute atomic E-state index is 0.157. The van der Waals surface area contributed by atoms with Gasteiger partial charge in [-0.05, 0) is 55.6 Å².